The Morgan fingerprint density at radius 1 is 1.04 bits per heavy atom. The van der Waals surface area contributed by atoms with Gasteiger partial charge in [0.25, 0.3) is 0 Å². The van der Waals surface area contributed by atoms with Gasteiger partial charge in [0.15, 0.2) is 6.61 Å². The van der Waals surface area contributed by atoms with E-state index in [2.05, 4.69) is 0 Å². The molecule has 0 heterocycles. The predicted octanol–water partition coefficient (Wildman–Crippen LogP) is 4.65. The van der Waals surface area contributed by atoms with E-state index in [0.29, 0.717) is 5.75 Å². The molecule has 0 aliphatic carbocycles. The second-order valence-electron chi connectivity index (χ2n) is 7.48. The highest BCUT2D eigenvalue weighted by Crippen LogP contribution is 2.24. The van der Waals surface area contributed by atoms with Crippen molar-refractivity contribution in [3.63, 3.8) is 0 Å². The standard InChI is InChI=1S/C22H28O5/c1-6-22(4,5)21(24)26-13-16-7-8-18-12-19(10-9-17(18)11-16)25-14-20(23)27-15(2)3/h7-12,15H,6,13-14H2,1-5H3. The van der Waals surface area contributed by atoms with E-state index in [-0.39, 0.29) is 25.3 Å². The first-order valence-corrected chi connectivity index (χ1v) is 9.23. The zero-order valence-corrected chi connectivity index (χ0v) is 16.7. The molecule has 2 rings (SSSR count). The number of carbonyl (C=O) groups is 2. The lowest BCUT2D eigenvalue weighted by Gasteiger charge is -2.20. The summed E-state index contributed by atoms with van der Waals surface area (Å²) in [5.74, 6) is 0.0199. The summed E-state index contributed by atoms with van der Waals surface area (Å²) >= 11 is 0. The van der Waals surface area contributed by atoms with Crippen molar-refractivity contribution in [2.45, 2.75) is 53.8 Å². The molecule has 27 heavy (non-hydrogen) atoms. The number of hydrogen-bond donors (Lipinski definition) is 0. The maximum absolute atomic E-state index is 12.1. The van der Waals surface area contributed by atoms with Crippen molar-refractivity contribution in [2.24, 2.45) is 5.41 Å². The van der Waals surface area contributed by atoms with Gasteiger partial charge < -0.3 is 14.2 Å². The molecular weight excluding hydrogens is 344 g/mol. The van der Waals surface area contributed by atoms with Crippen LogP contribution in [0.25, 0.3) is 10.8 Å². The lowest BCUT2D eigenvalue weighted by molar-refractivity contribution is -0.155. The van der Waals surface area contributed by atoms with Crippen LogP contribution < -0.4 is 4.74 Å². The van der Waals surface area contributed by atoms with Crippen LogP contribution in [0.5, 0.6) is 5.75 Å². The molecule has 0 N–H and O–H groups in total. The molecule has 2 aromatic carbocycles. The molecule has 0 amide bonds. The third kappa shape index (κ3) is 5.98. The van der Waals surface area contributed by atoms with Crippen LogP contribution in [-0.2, 0) is 25.7 Å². The normalized spacial score (nSPS) is 11.5. The molecule has 0 unspecified atom stereocenters. The molecular formula is C22H28O5. The Balaban J connectivity index is 2.00. The first-order valence-electron chi connectivity index (χ1n) is 9.23. The summed E-state index contributed by atoms with van der Waals surface area (Å²) in [5.41, 5.74) is 0.455. The summed E-state index contributed by atoms with van der Waals surface area (Å²) in [5, 5.41) is 1.99. The zero-order chi connectivity index (χ0) is 20.0. The molecule has 0 spiro atoms. The van der Waals surface area contributed by atoms with Crippen molar-refractivity contribution in [3.8, 4) is 5.75 Å². The van der Waals surface area contributed by atoms with Gasteiger partial charge >= 0.3 is 11.9 Å². The lowest BCUT2D eigenvalue weighted by Crippen LogP contribution is -2.25. The average molecular weight is 372 g/mol. The van der Waals surface area contributed by atoms with Gasteiger partial charge in [-0.2, -0.15) is 0 Å². The molecule has 0 fully saturated rings. The number of fused-ring (bicyclic) bond motifs is 1. The Morgan fingerprint density at radius 2 is 1.70 bits per heavy atom. The van der Waals surface area contributed by atoms with E-state index in [4.69, 9.17) is 14.2 Å². The van der Waals surface area contributed by atoms with Gasteiger partial charge in [-0.15, -0.1) is 0 Å². The number of ether oxygens (including phenoxy) is 3. The highest BCUT2D eigenvalue weighted by atomic mass is 16.6. The molecule has 5 nitrogen and oxygen atoms in total. The minimum atomic E-state index is -0.472. The van der Waals surface area contributed by atoms with Crippen LogP contribution in [0.2, 0.25) is 0 Å². The van der Waals surface area contributed by atoms with Crippen molar-refractivity contribution in [3.05, 3.63) is 42.0 Å². The Bertz CT molecular complexity index is 807. The molecule has 0 bridgehead atoms. The number of benzene rings is 2. The van der Waals surface area contributed by atoms with E-state index in [0.717, 1.165) is 22.8 Å². The van der Waals surface area contributed by atoms with Crippen molar-refractivity contribution in [1.82, 2.24) is 0 Å². The van der Waals surface area contributed by atoms with Gasteiger partial charge in [-0.25, -0.2) is 4.79 Å². The third-order valence-corrected chi connectivity index (χ3v) is 4.41. The summed E-state index contributed by atoms with van der Waals surface area (Å²) < 4.78 is 16.0. The van der Waals surface area contributed by atoms with Crippen molar-refractivity contribution >= 4 is 22.7 Å². The number of esters is 2. The van der Waals surface area contributed by atoms with Crippen LogP contribution in [0.4, 0.5) is 0 Å². The quantitative estimate of drug-likeness (QED) is 0.631. The van der Waals surface area contributed by atoms with E-state index in [1.807, 2.05) is 51.1 Å². The molecule has 2 aromatic rings. The van der Waals surface area contributed by atoms with E-state index < -0.39 is 11.4 Å². The van der Waals surface area contributed by atoms with Crippen molar-refractivity contribution in [2.75, 3.05) is 6.61 Å². The molecule has 0 atom stereocenters. The van der Waals surface area contributed by atoms with Gasteiger partial charge in [0.1, 0.15) is 12.4 Å². The van der Waals surface area contributed by atoms with Crippen LogP contribution in [0.3, 0.4) is 0 Å². The van der Waals surface area contributed by atoms with Gasteiger partial charge in [-0.05, 0) is 68.7 Å². The predicted molar refractivity (Wildman–Crippen MR) is 105 cm³/mol. The van der Waals surface area contributed by atoms with Gasteiger partial charge in [-0.3, -0.25) is 4.79 Å². The molecule has 0 saturated heterocycles. The van der Waals surface area contributed by atoms with Crippen LogP contribution >= 0.6 is 0 Å². The maximum Gasteiger partial charge on any atom is 0.344 e. The highest BCUT2D eigenvalue weighted by molar-refractivity contribution is 5.84. The fraction of sp³-hybridized carbons (Fsp3) is 0.455. The topological polar surface area (TPSA) is 61.8 Å². The smallest absolute Gasteiger partial charge is 0.344 e. The zero-order valence-electron chi connectivity index (χ0n) is 16.7. The molecule has 0 aliphatic rings. The van der Waals surface area contributed by atoms with Gasteiger partial charge in [0.2, 0.25) is 0 Å². The second-order valence-corrected chi connectivity index (χ2v) is 7.48. The third-order valence-electron chi connectivity index (χ3n) is 4.41. The number of hydrogen-bond acceptors (Lipinski definition) is 5. The SMILES string of the molecule is CCC(C)(C)C(=O)OCc1ccc2cc(OCC(=O)OC(C)C)ccc2c1. The summed E-state index contributed by atoms with van der Waals surface area (Å²) in [6.45, 7) is 9.46. The van der Waals surface area contributed by atoms with Crippen LogP contribution in [0.1, 0.15) is 46.6 Å². The number of carbonyl (C=O) groups excluding carboxylic acids is 2. The summed E-state index contributed by atoms with van der Waals surface area (Å²) in [4.78, 5) is 23.7. The maximum atomic E-state index is 12.1. The lowest BCUT2D eigenvalue weighted by atomic mass is 9.91. The van der Waals surface area contributed by atoms with Crippen LogP contribution in [0.15, 0.2) is 36.4 Å². The molecule has 0 radical (unpaired) electrons. The molecule has 5 heteroatoms. The van der Waals surface area contributed by atoms with E-state index in [1.165, 1.54) is 0 Å². The first-order chi connectivity index (χ1) is 12.7. The largest absolute Gasteiger partial charge is 0.482 e. The minimum Gasteiger partial charge on any atom is -0.482 e. The second kappa shape index (κ2) is 8.89. The summed E-state index contributed by atoms with van der Waals surface area (Å²) in [7, 11) is 0. The minimum absolute atomic E-state index is 0.120. The Kier molecular flexibility index (Phi) is 6.83. The molecule has 0 saturated carbocycles. The Morgan fingerprint density at radius 3 is 2.37 bits per heavy atom. The molecule has 146 valence electrons. The van der Waals surface area contributed by atoms with Crippen molar-refractivity contribution in [1.29, 1.82) is 0 Å². The van der Waals surface area contributed by atoms with Crippen LogP contribution in [0, 0.1) is 5.41 Å². The number of rotatable bonds is 8. The fourth-order valence-corrected chi connectivity index (χ4v) is 2.38. The van der Waals surface area contributed by atoms with Gasteiger partial charge in [0, 0.05) is 0 Å². The Labute approximate surface area is 160 Å². The van der Waals surface area contributed by atoms with Gasteiger partial charge in [0.05, 0.1) is 11.5 Å². The van der Waals surface area contributed by atoms with Crippen LogP contribution in [-0.4, -0.2) is 24.6 Å². The van der Waals surface area contributed by atoms with E-state index >= 15 is 0 Å². The molecule has 0 aliphatic heterocycles. The van der Waals surface area contributed by atoms with Crippen molar-refractivity contribution < 1.29 is 23.8 Å². The highest BCUT2D eigenvalue weighted by Gasteiger charge is 2.26. The summed E-state index contributed by atoms with van der Waals surface area (Å²) in [6, 6.07) is 11.4. The monoisotopic (exact) mass is 372 g/mol. The van der Waals surface area contributed by atoms with Gasteiger partial charge in [-0.1, -0.05) is 25.1 Å². The summed E-state index contributed by atoms with van der Waals surface area (Å²) in [6.07, 6.45) is 0.574. The Hall–Kier alpha value is -2.56. The first kappa shape index (κ1) is 20.7. The van der Waals surface area contributed by atoms with E-state index in [1.54, 1.807) is 19.9 Å². The molecule has 0 aromatic heterocycles. The van der Waals surface area contributed by atoms with E-state index in [9.17, 15) is 9.59 Å². The fourth-order valence-electron chi connectivity index (χ4n) is 2.38. The average Bonchev–Trinajstić information content (AvgIpc) is 2.63.